The largest absolute Gasteiger partial charge is 0.416 e. The van der Waals surface area contributed by atoms with E-state index in [9.17, 15) is 26.4 Å². The van der Waals surface area contributed by atoms with Gasteiger partial charge in [-0.25, -0.2) is 13.6 Å². The Labute approximate surface area is 154 Å². The average molecular weight is 401 g/mol. The average Bonchev–Trinajstić information content (AvgIpc) is 2.53. The Kier molecular flexibility index (Phi) is 6.24. The number of carbonyl (C=O) groups excluding carboxylic acids is 1. The molecule has 0 atom stereocenters. The molecule has 0 radical (unpaired) electrons. The number of nitrogens with zero attached hydrogens (tertiary/aromatic N) is 1. The Morgan fingerprint density at radius 3 is 2.26 bits per heavy atom. The highest BCUT2D eigenvalue weighted by atomic mass is 32.2. The fourth-order valence-electron chi connectivity index (χ4n) is 2.46. The first-order chi connectivity index (χ1) is 12.5. The molecule has 0 saturated heterocycles. The fraction of sp³-hybridized carbons (Fsp3) is 0.235. The summed E-state index contributed by atoms with van der Waals surface area (Å²) in [6, 6.07) is 10.4. The number of sulfonamides is 1. The molecule has 146 valence electrons. The Morgan fingerprint density at radius 1 is 1.11 bits per heavy atom. The first-order valence-corrected chi connectivity index (χ1v) is 9.28. The number of benzene rings is 2. The van der Waals surface area contributed by atoms with Crippen LogP contribution in [0.2, 0.25) is 0 Å². The van der Waals surface area contributed by atoms with Crippen molar-refractivity contribution >= 4 is 21.6 Å². The minimum atomic E-state index is -4.47. The normalized spacial score (nSPS) is 12.2. The predicted octanol–water partition coefficient (Wildman–Crippen LogP) is 2.42. The second-order valence-electron chi connectivity index (χ2n) is 5.94. The molecule has 0 bridgehead atoms. The number of carbonyl (C=O) groups is 1. The van der Waals surface area contributed by atoms with E-state index in [0.29, 0.717) is 5.69 Å². The molecule has 0 fully saturated rings. The van der Waals surface area contributed by atoms with Crippen molar-refractivity contribution in [3.05, 3.63) is 59.7 Å². The molecule has 2 rings (SSSR count). The summed E-state index contributed by atoms with van der Waals surface area (Å²) in [7, 11) is -2.31. The van der Waals surface area contributed by atoms with Gasteiger partial charge in [0.05, 0.1) is 17.0 Å². The van der Waals surface area contributed by atoms with E-state index >= 15 is 0 Å². The summed E-state index contributed by atoms with van der Waals surface area (Å²) >= 11 is 0. The zero-order chi connectivity index (χ0) is 20.2. The highest BCUT2D eigenvalue weighted by molar-refractivity contribution is 7.89. The molecule has 6 nitrogen and oxygen atoms in total. The van der Waals surface area contributed by atoms with Crippen molar-refractivity contribution in [2.24, 2.45) is 5.14 Å². The second kappa shape index (κ2) is 8.07. The summed E-state index contributed by atoms with van der Waals surface area (Å²) < 4.78 is 61.4. The number of hydrogen-bond donors (Lipinski definition) is 2. The van der Waals surface area contributed by atoms with Crippen LogP contribution >= 0.6 is 0 Å². The van der Waals surface area contributed by atoms with Crippen LogP contribution in [0.5, 0.6) is 0 Å². The van der Waals surface area contributed by atoms with Crippen molar-refractivity contribution in [1.82, 2.24) is 4.90 Å². The zero-order valence-electron chi connectivity index (χ0n) is 14.3. The molecule has 0 aliphatic rings. The van der Waals surface area contributed by atoms with Crippen LogP contribution in [0.3, 0.4) is 0 Å². The van der Waals surface area contributed by atoms with Gasteiger partial charge in [-0.05, 0) is 42.9 Å². The molecular formula is C17H18F3N3O3S. The van der Waals surface area contributed by atoms with Crippen molar-refractivity contribution in [2.45, 2.75) is 17.6 Å². The SMILES string of the molecule is CN(CC(=O)Nc1ccc(S(N)(=O)=O)cc1)Cc1ccccc1C(F)(F)F. The molecule has 0 heterocycles. The molecular weight excluding hydrogens is 383 g/mol. The number of nitrogens with two attached hydrogens (primary N) is 1. The van der Waals surface area contributed by atoms with Crippen LogP contribution in [0.25, 0.3) is 0 Å². The van der Waals surface area contributed by atoms with Gasteiger partial charge >= 0.3 is 6.18 Å². The van der Waals surface area contributed by atoms with Gasteiger partial charge in [0.1, 0.15) is 0 Å². The molecule has 2 aromatic rings. The lowest BCUT2D eigenvalue weighted by Crippen LogP contribution is -2.30. The molecule has 0 unspecified atom stereocenters. The highest BCUT2D eigenvalue weighted by Gasteiger charge is 2.33. The van der Waals surface area contributed by atoms with Gasteiger partial charge in [-0.2, -0.15) is 13.2 Å². The zero-order valence-corrected chi connectivity index (χ0v) is 15.1. The lowest BCUT2D eigenvalue weighted by atomic mass is 10.1. The van der Waals surface area contributed by atoms with Crippen molar-refractivity contribution in [1.29, 1.82) is 0 Å². The summed E-state index contributed by atoms with van der Waals surface area (Å²) in [5.74, 6) is -0.453. The van der Waals surface area contributed by atoms with E-state index in [0.717, 1.165) is 6.07 Å². The summed E-state index contributed by atoms with van der Waals surface area (Å²) in [5.41, 5.74) is -0.329. The van der Waals surface area contributed by atoms with Crippen LogP contribution in [0.15, 0.2) is 53.4 Å². The van der Waals surface area contributed by atoms with E-state index < -0.39 is 27.7 Å². The summed E-state index contributed by atoms with van der Waals surface area (Å²) in [6.07, 6.45) is -4.47. The number of primary sulfonamides is 1. The van der Waals surface area contributed by atoms with Crippen LogP contribution in [0.4, 0.5) is 18.9 Å². The van der Waals surface area contributed by atoms with Gasteiger partial charge in [-0.3, -0.25) is 9.69 Å². The Balaban J connectivity index is 1.99. The number of nitrogens with one attached hydrogen (secondary N) is 1. The van der Waals surface area contributed by atoms with Gasteiger partial charge < -0.3 is 5.32 Å². The maximum absolute atomic E-state index is 13.0. The summed E-state index contributed by atoms with van der Waals surface area (Å²) in [6.45, 7) is -0.212. The van der Waals surface area contributed by atoms with E-state index in [-0.39, 0.29) is 23.5 Å². The van der Waals surface area contributed by atoms with Crippen molar-refractivity contribution in [2.75, 3.05) is 18.9 Å². The summed E-state index contributed by atoms with van der Waals surface area (Å²) in [5, 5.41) is 7.53. The molecule has 0 saturated carbocycles. The van der Waals surface area contributed by atoms with Crippen LogP contribution < -0.4 is 10.5 Å². The van der Waals surface area contributed by atoms with E-state index in [1.807, 2.05) is 0 Å². The minimum absolute atomic E-state index is 0.0620. The Hall–Kier alpha value is -2.43. The molecule has 27 heavy (non-hydrogen) atoms. The Morgan fingerprint density at radius 2 is 1.70 bits per heavy atom. The van der Waals surface area contributed by atoms with E-state index in [4.69, 9.17) is 5.14 Å². The third kappa shape index (κ3) is 6.05. The maximum atomic E-state index is 13.0. The van der Waals surface area contributed by atoms with Crippen LogP contribution in [0, 0.1) is 0 Å². The van der Waals surface area contributed by atoms with Gasteiger partial charge in [0, 0.05) is 12.2 Å². The molecule has 0 spiro atoms. The van der Waals surface area contributed by atoms with Gasteiger partial charge in [-0.1, -0.05) is 18.2 Å². The fourth-order valence-corrected chi connectivity index (χ4v) is 2.97. The van der Waals surface area contributed by atoms with Gasteiger partial charge in [0.2, 0.25) is 15.9 Å². The molecule has 3 N–H and O–H groups in total. The number of amides is 1. The lowest BCUT2D eigenvalue weighted by Gasteiger charge is -2.19. The molecule has 2 aromatic carbocycles. The summed E-state index contributed by atoms with van der Waals surface area (Å²) in [4.78, 5) is 13.4. The molecule has 1 amide bonds. The van der Waals surface area contributed by atoms with Crippen LogP contribution in [0.1, 0.15) is 11.1 Å². The Bertz CT molecular complexity index is 913. The van der Waals surface area contributed by atoms with Crippen LogP contribution in [-0.4, -0.2) is 32.8 Å². The minimum Gasteiger partial charge on any atom is -0.325 e. The number of alkyl halides is 3. The third-order valence-corrected chi connectivity index (χ3v) is 4.57. The maximum Gasteiger partial charge on any atom is 0.416 e. The monoisotopic (exact) mass is 401 g/mol. The second-order valence-corrected chi connectivity index (χ2v) is 7.51. The van der Waals surface area contributed by atoms with Crippen molar-refractivity contribution < 1.29 is 26.4 Å². The van der Waals surface area contributed by atoms with Gasteiger partial charge in [0.15, 0.2) is 0 Å². The molecule has 0 aromatic heterocycles. The number of hydrogen-bond acceptors (Lipinski definition) is 4. The van der Waals surface area contributed by atoms with Gasteiger partial charge in [-0.15, -0.1) is 0 Å². The molecule has 10 heteroatoms. The van der Waals surface area contributed by atoms with E-state index in [2.05, 4.69) is 5.32 Å². The number of likely N-dealkylation sites (N-methyl/N-ethyl adjacent to an activating group) is 1. The molecule has 0 aliphatic carbocycles. The number of halogens is 3. The number of rotatable bonds is 6. The molecule has 0 aliphatic heterocycles. The van der Waals surface area contributed by atoms with Crippen molar-refractivity contribution in [3.63, 3.8) is 0 Å². The third-order valence-electron chi connectivity index (χ3n) is 3.64. The lowest BCUT2D eigenvalue weighted by molar-refractivity contribution is -0.138. The van der Waals surface area contributed by atoms with Crippen LogP contribution in [-0.2, 0) is 27.5 Å². The van der Waals surface area contributed by atoms with E-state index in [1.165, 1.54) is 54.4 Å². The van der Waals surface area contributed by atoms with E-state index in [1.54, 1.807) is 0 Å². The predicted molar refractivity (Wildman–Crippen MR) is 94.2 cm³/mol. The van der Waals surface area contributed by atoms with Crippen molar-refractivity contribution in [3.8, 4) is 0 Å². The number of anilines is 1. The topological polar surface area (TPSA) is 92.5 Å². The quantitative estimate of drug-likeness (QED) is 0.778. The first kappa shape index (κ1) is 20.9. The standard InChI is InChI=1S/C17H18F3N3O3S/c1-23(10-12-4-2-3-5-15(12)17(18,19)20)11-16(24)22-13-6-8-14(9-7-13)27(21,25)26/h2-9H,10-11H2,1H3,(H,22,24)(H2,21,25,26). The first-order valence-electron chi connectivity index (χ1n) is 7.73. The smallest absolute Gasteiger partial charge is 0.325 e. The van der Waals surface area contributed by atoms with Gasteiger partial charge in [0.25, 0.3) is 0 Å². The highest BCUT2D eigenvalue weighted by Crippen LogP contribution is 2.32.